The summed E-state index contributed by atoms with van der Waals surface area (Å²) < 4.78 is 57.1. The molecule has 12 heteroatoms. The number of fused-ring (bicyclic) bond motifs is 2. The van der Waals surface area contributed by atoms with E-state index in [1.807, 2.05) is 0 Å². The zero-order chi connectivity index (χ0) is 27.1. The van der Waals surface area contributed by atoms with E-state index in [1.165, 1.54) is 24.3 Å². The molecule has 0 aliphatic carbocycles. The van der Waals surface area contributed by atoms with E-state index >= 15 is 0 Å². The van der Waals surface area contributed by atoms with Crippen molar-refractivity contribution < 1.29 is 31.9 Å². The number of halogens is 3. The molecule has 0 saturated carbocycles. The Labute approximate surface area is 213 Å². The van der Waals surface area contributed by atoms with Gasteiger partial charge < -0.3 is 24.5 Å². The Morgan fingerprint density at radius 1 is 1.05 bits per heavy atom. The molecule has 0 saturated heterocycles. The van der Waals surface area contributed by atoms with E-state index in [1.54, 1.807) is 26.8 Å². The molecule has 0 radical (unpaired) electrons. The predicted octanol–water partition coefficient (Wildman–Crippen LogP) is 5.43. The van der Waals surface area contributed by atoms with Crippen LogP contribution >= 0.6 is 0 Å². The maximum Gasteiger partial charge on any atom is 0.361 e. The average molecular weight is 526 g/mol. The third-order valence-electron chi connectivity index (χ3n) is 6.12. The molecule has 2 N–H and O–H groups in total. The van der Waals surface area contributed by atoms with Crippen LogP contribution in [0.15, 0.2) is 45.6 Å². The topological polar surface area (TPSA) is 116 Å². The van der Waals surface area contributed by atoms with Gasteiger partial charge in [-0.05, 0) is 44.5 Å². The molecule has 1 aliphatic heterocycles. The fourth-order valence-corrected chi connectivity index (χ4v) is 4.20. The zero-order valence-electron chi connectivity index (χ0n) is 20.4. The summed E-state index contributed by atoms with van der Waals surface area (Å²) in [7, 11) is 0. The van der Waals surface area contributed by atoms with Gasteiger partial charge in [0.1, 0.15) is 23.1 Å². The third-order valence-corrected chi connectivity index (χ3v) is 6.12. The van der Waals surface area contributed by atoms with Crippen molar-refractivity contribution in [1.29, 1.82) is 0 Å². The summed E-state index contributed by atoms with van der Waals surface area (Å²) in [6.45, 7) is 4.75. The van der Waals surface area contributed by atoms with Gasteiger partial charge in [0.2, 0.25) is 12.5 Å². The predicted molar refractivity (Wildman–Crippen MR) is 131 cm³/mol. The van der Waals surface area contributed by atoms with Crippen LogP contribution in [0.1, 0.15) is 52.3 Å². The van der Waals surface area contributed by atoms with Crippen molar-refractivity contribution in [2.75, 3.05) is 17.4 Å². The summed E-state index contributed by atoms with van der Waals surface area (Å²) in [5.41, 5.74) is -1.24. The second-order valence-electron chi connectivity index (χ2n) is 8.63. The van der Waals surface area contributed by atoms with Crippen molar-refractivity contribution in [3.63, 3.8) is 0 Å². The average Bonchev–Trinajstić information content (AvgIpc) is 3.34. The Morgan fingerprint density at radius 3 is 2.55 bits per heavy atom. The maximum absolute atomic E-state index is 14.8. The van der Waals surface area contributed by atoms with Gasteiger partial charge in [-0.25, -0.2) is 22.9 Å². The number of nitrogens with zero attached hydrogens (tertiary/aromatic N) is 2. The van der Waals surface area contributed by atoms with Gasteiger partial charge in [0, 0.05) is 11.1 Å². The number of carbonyl (C=O) groups is 1. The fourth-order valence-electron chi connectivity index (χ4n) is 4.20. The molecule has 0 spiro atoms. The Morgan fingerprint density at radius 2 is 1.79 bits per heavy atom. The number of carbonyl (C=O) groups excluding carboxylic acids is 1. The first-order valence-electron chi connectivity index (χ1n) is 11.5. The van der Waals surface area contributed by atoms with E-state index in [9.17, 15) is 22.8 Å². The van der Waals surface area contributed by atoms with Crippen molar-refractivity contribution in [2.24, 2.45) is 0 Å². The number of hydrogen-bond donors (Lipinski definition) is 2. The summed E-state index contributed by atoms with van der Waals surface area (Å²) in [4.78, 5) is 34.3. The van der Waals surface area contributed by atoms with Crippen LogP contribution in [0.5, 0.6) is 11.5 Å². The highest BCUT2D eigenvalue weighted by molar-refractivity contribution is 6.06. The number of aryl methyl sites for hydroxylation is 2. The second-order valence-corrected chi connectivity index (χ2v) is 8.63. The second kappa shape index (κ2) is 9.69. The molecular weight excluding hydrogens is 505 g/mol. The lowest BCUT2D eigenvalue weighted by Crippen LogP contribution is -2.20. The molecule has 1 amide bonds. The van der Waals surface area contributed by atoms with Crippen LogP contribution in [0.4, 0.5) is 24.7 Å². The van der Waals surface area contributed by atoms with Crippen molar-refractivity contribution >= 4 is 28.5 Å². The molecule has 38 heavy (non-hydrogen) atoms. The monoisotopic (exact) mass is 526 g/mol. The van der Waals surface area contributed by atoms with Crippen molar-refractivity contribution in [1.82, 2.24) is 9.97 Å². The molecular formula is C26H21F3N4O5. The number of benzene rings is 2. The summed E-state index contributed by atoms with van der Waals surface area (Å²) in [6, 6.07) is 7.53. The van der Waals surface area contributed by atoms with Crippen LogP contribution in [0.3, 0.4) is 0 Å². The first-order chi connectivity index (χ1) is 18.1. The summed E-state index contributed by atoms with van der Waals surface area (Å²) in [6.07, 6.45) is -2.98. The molecule has 0 fully saturated rings. The molecule has 0 unspecified atom stereocenters. The van der Waals surface area contributed by atoms with E-state index in [2.05, 4.69) is 20.6 Å². The zero-order valence-corrected chi connectivity index (χ0v) is 20.4. The first-order valence-corrected chi connectivity index (χ1v) is 11.5. The number of alkyl halides is 2. The normalized spacial score (nSPS) is 13.1. The lowest BCUT2D eigenvalue weighted by Gasteiger charge is -2.19. The van der Waals surface area contributed by atoms with Gasteiger partial charge in [-0.3, -0.25) is 4.79 Å². The largest absolute Gasteiger partial charge is 0.454 e. The number of hydrogen-bond acceptors (Lipinski definition) is 8. The highest BCUT2D eigenvalue weighted by Gasteiger charge is 2.24. The van der Waals surface area contributed by atoms with Gasteiger partial charge in [-0.15, -0.1) is 0 Å². The van der Waals surface area contributed by atoms with Crippen LogP contribution in [0.25, 0.3) is 11.1 Å². The lowest BCUT2D eigenvalue weighted by atomic mass is 10.0. The Hall–Kier alpha value is -4.61. The maximum atomic E-state index is 14.8. The minimum absolute atomic E-state index is 0.00131. The van der Waals surface area contributed by atoms with Crippen molar-refractivity contribution in [2.45, 2.75) is 33.2 Å². The fraction of sp³-hybridized carbons (Fsp3) is 0.231. The van der Waals surface area contributed by atoms with Gasteiger partial charge in [-0.1, -0.05) is 18.2 Å². The smallest absolute Gasteiger partial charge is 0.361 e. The number of ether oxygens (including phenoxy) is 2. The summed E-state index contributed by atoms with van der Waals surface area (Å²) in [5, 5.41) is 5.83. The standard InChI is InChI=1S/C26H21F3N4O5/c1-11-19-23(30-12(2)15-5-4-6-16(20(15)27)22(28)29)31-13(3)32-25(19)38-26(35)21(11)33-24(34)14-7-8-17-18(9-14)37-10-36-17/h4-9,12,22H,10H2,1-3H3,(H,33,34)(H,30,31,32)/t12-/m1/s1. The number of amides is 1. The SMILES string of the molecule is Cc1nc(N[C@H](C)c2cccc(C(F)F)c2F)c2c(C)c(NC(=O)c3ccc4c(c3)OCO4)c(=O)oc2n1. The molecule has 1 atom stereocenters. The van der Waals surface area contributed by atoms with Gasteiger partial charge in [-0.2, -0.15) is 4.98 Å². The molecule has 5 rings (SSSR count). The van der Waals surface area contributed by atoms with Gasteiger partial charge >= 0.3 is 5.63 Å². The Balaban J connectivity index is 1.53. The quantitative estimate of drug-likeness (QED) is 0.342. The van der Waals surface area contributed by atoms with Crippen LogP contribution in [0, 0.1) is 19.7 Å². The van der Waals surface area contributed by atoms with Crippen LogP contribution in [0.2, 0.25) is 0 Å². The molecule has 4 aromatic rings. The number of anilines is 2. The Bertz CT molecular complexity index is 1640. The molecule has 196 valence electrons. The van der Waals surface area contributed by atoms with Crippen LogP contribution in [-0.2, 0) is 0 Å². The van der Waals surface area contributed by atoms with E-state index in [0.717, 1.165) is 6.07 Å². The summed E-state index contributed by atoms with van der Waals surface area (Å²) >= 11 is 0. The highest BCUT2D eigenvalue weighted by Crippen LogP contribution is 2.34. The van der Waals surface area contributed by atoms with Gasteiger partial charge in [0.05, 0.1) is 17.0 Å². The number of nitrogens with one attached hydrogen (secondary N) is 2. The number of rotatable bonds is 6. The van der Waals surface area contributed by atoms with Crippen molar-refractivity contribution in [3.05, 3.63) is 80.7 Å². The highest BCUT2D eigenvalue weighted by atomic mass is 19.3. The minimum Gasteiger partial charge on any atom is -0.454 e. The first kappa shape index (κ1) is 25.1. The lowest BCUT2D eigenvalue weighted by molar-refractivity contribution is 0.102. The molecule has 2 aromatic heterocycles. The molecule has 3 heterocycles. The van der Waals surface area contributed by atoms with E-state index in [0.29, 0.717) is 17.1 Å². The minimum atomic E-state index is -2.98. The molecule has 2 aromatic carbocycles. The van der Waals surface area contributed by atoms with Gasteiger partial charge in [0.15, 0.2) is 11.5 Å². The number of aromatic nitrogens is 2. The van der Waals surface area contributed by atoms with Crippen LogP contribution in [-0.4, -0.2) is 22.7 Å². The molecule has 9 nitrogen and oxygen atoms in total. The van der Waals surface area contributed by atoms with Gasteiger partial charge in [0.25, 0.3) is 12.3 Å². The Kier molecular flexibility index (Phi) is 6.39. The van der Waals surface area contributed by atoms with E-state index in [-0.39, 0.29) is 46.3 Å². The molecule has 1 aliphatic rings. The van der Waals surface area contributed by atoms with Crippen LogP contribution < -0.4 is 25.7 Å². The third kappa shape index (κ3) is 4.49. The summed E-state index contributed by atoms with van der Waals surface area (Å²) in [5.74, 6) is -0.323. The van der Waals surface area contributed by atoms with E-state index < -0.39 is 35.4 Å². The molecule has 0 bridgehead atoms. The van der Waals surface area contributed by atoms with Crippen molar-refractivity contribution in [3.8, 4) is 11.5 Å². The van der Waals surface area contributed by atoms with E-state index in [4.69, 9.17) is 13.9 Å².